The fraction of sp³-hybridized carbons (Fsp3) is 0.696. The van der Waals surface area contributed by atoms with Gasteiger partial charge in [0.25, 0.3) is 0 Å². The van der Waals surface area contributed by atoms with Crippen molar-refractivity contribution in [2.24, 2.45) is 10.4 Å². The zero-order valence-electron chi connectivity index (χ0n) is 17.8. The molecule has 3 fully saturated rings. The first-order chi connectivity index (χ1) is 14.1. The summed E-state index contributed by atoms with van der Waals surface area (Å²) in [6.45, 7) is 7.51. The second kappa shape index (κ2) is 8.73. The van der Waals surface area contributed by atoms with Crippen LogP contribution in [0, 0.1) is 5.41 Å². The summed E-state index contributed by atoms with van der Waals surface area (Å²) in [6, 6.07) is 5.94. The zero-order chi connectivity index (χ0) is 20.3. The Morgan fingerprint density at radius 2 is 2.03 bits per heavy atom. The number of nitrogens with one attached hydrogen (secondary N) is 1. The first-order valence-electron chi connectivity index (χ1n) is 11.0. The normalized spacial score (nSPS) is 23.1. The van der Waals surface area contributed by atoms with Crippen molar-refractivity contribution in [1.82, 2.24) is 10.2 Å². The van der Waals surface area contributed by atoms with E-state index in [0.717, 1.165) is 74.5 Å². The van der Waals surface area contributed by atoms with Crippen LogP contribution in [0.1, 0.15) is 51.0 Å². The van der Waals surface area contributed by atoms with E-state index in [-0.39, 0.29) is 5.41 Å². The van der Waals surface area contributed by atoms with Crippen LogP contribution >= 0.6 is 11.6 Å². The number of rotatable bonds is 5. The van der Waals surface area contributed by atoms with E-state index in [0.29, 0.717) is 5.41 Å². The van der Waals surface area contributed by atoms with E-state index in [1.165, 1.54) is 25.7 Å². The SMILES string of the molecule is CCNC(=NCC1(c2cc(Cl)ccc2OC)CCOCC1)N1CCC2(CCC2)C1. The molecule has 5 nitrogen and oxygen atoms in total. The van der Waals surface area contributed by atoms with E-state index >= 15 is 0 Å². The number of hydrogen-bond acceptors (Lipinski definition) is 3. The summed E-state index contributed by atoms with van der Waals surface area (Å²) in [5, 5.41) is 4.29. The molecule has 0 atom stereocenters. The topological polar surface area (TPSA) is 46.1 Å². The second-order valence-electron chi connectivity index (χ2n) is 8.93. The van der Waals surface area contributed by atoms with Crippen molar-refractivity contribution in [1.29, 1.82) is 0 Å². The van der Waals surface area contributed by atoms with Crippen molar-refractivity contribution < 1.29 is 9.47 Å². The molecule has 0 radical (unpaired) electrons. The van der Waals surface area contributed by atoms with Crippen LogP contribution < -0.4 is 10.1 Å². The molecule has 1 spiro atoms. The lowest BCUT2D eigenvalue weighted by Crippen LogP contribution is -2.44. The Morgan fingerprint density at radius 3 is 2.66 bits per heavy atom. The third kappa shape index (κ3) is 4.22. The molecule has 0 unspecified atom stereocenters. The Labute approximate surface area is 179 Å². The molecule has 160 valence electrons. The molecule has 1 N–H and O–H groups in total. The van der Waals surface area contributed by atoms with Crippen molar-refractivity contribution in [2.45, 2.75) is 50.9 Å². The maximum atomic E-state index is 6.38. The molecule has 0 bridgehead atoms. The molecule has 2 heterocycles. The molecule has 1 aromatic carbocycles. The van der Waals surface area contributed by atoms with Crippen LogP contribution in [0.25, 0.3) is 0 Å². The highest BCUT2D eigenvalue weighted by Crippen LogP contribution is 2.48. The van der Waals surface area contributed by atoms with Crippen molar-refractivity contribution in [3.63, 3.8) is 0 Å². The first kappa shape index (κ1) is 20.8. The van der Waals surface area contributed by atoms with Crippen molar-refractivity contribution in [2.75, 3.05) is 46.5 Å². The highest BCUT2D eigenvalue weighted by Gasteiger charge is 2.44. The number of likely N-dealkylation sites (tertiary alicyclic amines) is 1. The predicted molar refractivity (Wildman–Crippen MR) is 118 cm³/mol. The first-order valence-corrected chi connectivity index (χ1v) is 11.4. The fourth-order valence-corrected chi connectivity index (χ4v) is 5.39. The summed E-state index contributed by atoms with van der Waals surface area (Å²) in [6.07, 6.45) is 7.30. The molecular weight excluding hydrogens is 386 g/mol. The minimum absolute atomic E-state index is 0.108. The smallest absolute Gasteiger partial charge is 0.193 e. The molecular formula is C23H34ClN3O2. The van der Waals surface area contributed by atoms with Gasteiger partial charge in [0.05, 0.1) is 13.7 Å². The molecule has 29 heavy (non-hydrogen) atoms. The maximum absolute atomic E-state index is 6.38. The lowest BCUT2D eigenvalue weighted by molar-refractivity contribution is 0.0522. The summed E-state index contributed by atoms with van der Waals surface area (Å²) in [5.41, 5.74) is 1.61. The third-order valence-corrected chi connectivity index (χ3v) is 7.44. The number of halogens is 1. The Kier molecular flexibility index (Phi) is 6.26. The van der Waals surface area contributed by atoms with Crippen molar-refractivity contribution >= 4 is 17.6 Å². The van der Waals surface area contributed by atoms with Gasteiger partial charge in [-0.25, -0.2) is 0 Å². The molecule has 1 aromatic rings. The van der Waals surface area contributed by atoms with Crippen LogP contribution in [0.15, 0.2) is 23.2 Å². The largest absolute Gasteiger partial charge is 0.496 e. The van der Waals surface area contributed by atoms with Gasteiger partial charge in [-0.1, -0.05) is 18.0 Å². The third-order valence-electron chi connectivity index (χ3n) is 7.20. The minimum Gasteiger partial charge on any atom is -0.496 e. The number of nitrogens with zero attached hydrogens (tertiary/aromatic N) is 2. The van der Waals surface area contributed by atoms with Gasteiger partial charge < -0.3 is 19.7 Å². The quantitative estimate of drug-likeness (QED) is 0.572. The summed E-state index contributed by atoms with van der Waals surface area (Å²) >= 11 is 6.38. The molecule has 3 aliphatic rings. The van der Waals surface area contributed by atoms with Crippen LogP contribution in [0.4, 0.5) is 0 Å². The molecule has 2 aliphatic heterocycles. The van der Waals surface area contributed by atoms with Crippen LogP contribution in [-0.4, -0.2) is 57.4 Å². The molecule has 1 saturated carbocycles. The van der Waals surface area contributed by atoms with Gasteiger partial charge in [-0.2, -0.15) is 0 Å². The summed E-state index contributed by atoms with van der Waals surface area (Å²) < 4.78 is 11.4. The number of methoxy groups -OCH3 is 1. The van der Waals surface area contributed by atoms with E-state index in [4.69, 9.17) is 26.1 Å². The van der Waals surface area contributed by atoms with Gasteiger partial charge in [-0.15, -0.1) is 0 Å². The average molecular weight is 420 g/mol. The lowest BCUT2D eigenvalue weighted by Gasteiger charge is -2.39. The monoisotopic (exact) mass is 419 g/mol. The number of guanidine groups is 1. The second-order valence-corrected chi connectivity index (χ2v) is 9.37. The van der Waals surface area contributed by atoms with Crippen LogP contribution in [0.5, 0.6) is 5.75 Å². The molecule has 2 saturated heterocycles. The highest BCUT2D eigenvalue weighted by molar-refractivity contribution is 6.30. The average Bonchev–Trinajstić information content (AvgIpc) is 3.18. The van der Waals surface area contributed by atoms with Crippen molar-refractivity contribution in [3.05, 3.63) is 28.8 Å². The van der Waals surface area contributed by atoms with Crippen LogP contribution in [0.3, 0.4) is 0 Å². The maximum Gasteiger partial charge on any atom is 0.193 e. The van der Waals surface area contributed by atoms with Crippen LogP contribution in [-0.2, 0) is 10.2 Å². The molecule has 4 rings (SSSR count). The van der Waals surface area contributed by atoms with Gasteiger partial charge >= 0.3 is 0 Å². The lowest BCUT2D eigenvalue weighted by atomic mass is 9.68. The Bertz CT molecular complexity index is 742. The van der Waals surface area contributed by atoms with Crippen molar-refractivity contribution in [3.8, 4) is 5.75 Å². The molecule has 6 heteroatoms. The van der Waals surface area contributed by atoms with E-state index < -0.39 is 0 Å². The fourth-order valence-electron chi connectivity index (χ4n) is 5.22. The minimum atomic E-state index is -0.108. The Morgan fingerprint density at radius 1 is 1.24 bits per heavy atom. The summed E-state index contributed by atoms with van der Waals surface area (Å²) in [4.78, 5) is 7.65. The van der Waals surface area contributed by atoms with E-state index in [1.54, 1.807) is 7.11 Å². The predicted octanol–water partition coefficient (Wildman–Crippen LogP) is 4.24. The van der Waals surface area contributed by atoms with Crippen LogP contribution in [0.2, 0.25) is 5.02 Å². The number of aliphatic imine (C=N–C) groups is 1. The van der Waals surface area contributed by atoms with E-state index in [2.05, 4.69) is 23.2 Å². The van der Waals surface area contributed by atoms with Gasteiger partial charge in [0.1, 0.15) is 5.75 Å². The van der Waals surface area contributed by atoms with E-state index in [9.17, 15) is 0 Å². The zero-order valence-corrected chi connectivity index (χ0v) is 18.6. The Balaban J connectivity index is 1.61. The molecule has 1 aliphatic carbocycles. The number of benzene rings is 1. The van der Waals surface area contributed by atoms with Gasteiger partial charge in [0.15, 0.2) is 5.96 Å². The van der Waals surface area contributed by atoms with E-state index in [1.807, 2.05) is 12.1 Å². The Hall–Kier alpha value is -1.46. The van der Waals surface area contributed by atoms with Gasteiger partial charge in [0, 0.05) is 48.8 Å². The molecule has 0 aromatic heterocycles. The molecule has 0 amide bonds. The number of hydrogen-bond donors (Lipinski definition) is 1. The van der Waals surface area contributed by atoms with Gasteiger partial charge in [-0.05, 0) is 62.6 Å². The standard InChI is InChI=1S/C23H34ClN3O2/c1-3-25-21(27-12-9-22(17-27)7-4-8-22)26-16-23(10-13-29-14-11-23)19-15-18(24)5-6-20(19)28-2/h5-6,15H,3-4,7-14,16-17H2,1-2H3,(H,25,26). The van der Waals surface area contributed by atoms with Gasteiger partial charge in [0.2, 0.25) is 0 Å². The highest BCUT2D eigenvalue weighted by atomic mass is 35.5. The van der Waals surface area contributed by atoms with Gasteiger partial charge in [-0.3, -0.25) is 4.99 Å². The number of ether oxygens (including phenoxy) is 2. The summed E-state index contributed by atoms with van der Waals surface area (Å²) in [5.74, 6) is 1.95. The summed E-state index contributed by atoms with van der Waals surface area (Å²) in [7, 11) is 1.73.